The van der Waals surface area contributed by atoms with Crippen LogP contribution in [-0.4, -0.2) is 19.1 Å². The van der Waals surface area contributed by atoms with Crippen LogP contribution in [0.5, 0.6) is 0 Å². The summed E-state index contributed by atoms with van der Waals surface area (Å²) in [6.07, 6.45) is 0.696. The molecule has 1 heterocycles. The van der Waals surface area contributed by atoms with Gasteiger partial charge in [-0.3, -0.25) is 0 Å². The van der Waals surface area contributed by atoms with Crippen LogP contribution < -0.4 is 5.32 Å². The Bertz CT molecular complexity index is 378. The zero-order valence-electron chi connectivity index (χ0n) is 7.71. The van der Waals surface area contributed by atoms with Gasteiger partial charge in [0.05, 0.1) is 12.8 Å². The summed E-state index contributed by atoms with van der Waals surface area (Å²) >= 11 is 3.43. The Morgan fingerprint density at radius 2 is 2.43 bits per heavy atom. The van der Waals surface area contributed by atoms with Gasteiger partial charge in [0.25, 0.3) is 0 Å². The fourth-order valence-electron chi connectivity index (χ4n) is 1.63. The lowest BCUT2D eigenvalue weighted by Crippen LogP contribution is -2.27. The highest BCUT2D eigenvalue weighted by molar-refractivity contribution is 9.10. The van der Waals surface area contributed by atoms with Crippen molar-refractivity contribution in [2.75, 3.05) is 12.4 Å². The molecule has 0 aliphatic carbocycles. The number of esters is 1. The highest BCUT2D eigenvalue weighted by Gasteiger charge is 2.28. The van der Waals surface area contributed by atoms with Gasteiger partial charge in [-0.2, -0.15) is 0 Å². The first kappa shape index (κ1) is 9.52. The maximum Gasteiger partial charge on any atom is 0.328 e. The van der Waals surface area contributed by atoms with E-state index in [4.69, 9.17) is 0 Å². The SMILES string of the molecule is COC(=O)[C@@H]1Cc2cccc(Br)c2N1. The number of carbonyl (C=O) groups is 1. The first-order valence-corrected chi connectivity index (χ1v) is 5.13. The topological polar surface area (TPSA) is 38.3 Å². The van der Waals surface area contributed by atoms with Crippen LogP contribution in [0.4, 0.5) is 5.69 Å². The average Bonchev–Trinajstić information content (AvgIpc) is 2.62. The third-order valence-corrected chi connectivity index (χ3v) is 2.99. The van der Waals surface area contributed by atoms with E-state index in [1.165, 1.54) is 7.11 Å². The third-order valence-electron chi connectivity index (χ3n) is 2.33. The fourth-order valence-corrected chi connectivity index (χ4v) is 2.15. The Hall–Kier alpha value is -1.03. The molecule has 1 atom stereocenters. The van der Waals surface area contributed by atoms with Crippen LogP contribution in [0.15, 0.2) is 22.7 Å². The van der Waals surface area contributed by atoms with E-state index in [0.29, 0.717) is 6.42 Å². The Morgan fingerprint density at radius 1 is 1.64 bits per heavy atom. The molecule has 1 N–H and O–H groups in total. The molecule has 3 nitrogen and oxygen atoms in total. The predicted octanol–water partition coefficient (Wildman–Crippen LogP) is 1.96. The molecule has 0 bridgehead atoms. The van der Waals surface area contributed by atoms with Crippen LogP contribution in [0.25, 0.3) is 0 Å². The van der Waals surface area contributed by atoms with Crippen molar-refractivity contribution in [1.82, 2.24) is 0 Å². The number of anilines is 1. The predicted molar refractivity (Wildman–Crippen MR) is 57.3 cm³/mol. The van der Waals surface area contributed by atoms with Gasteiger partial charge in [0, 0.05) is 10.9 Å². The van der Waals surface area contributed by atoms with Crippen molar-refractivity contribution in [3.05, 3.63) is 28.2 Å². The molecule has 4 heteroatoms. The number of benzene rings is 1. The number of rotatable bonds is 1. The summed E-state index contributed by atoms with van der Waals surface area (Å²) in [4.78, 5) is 11.3. The first-order valence-electron chi connectivity index (χ1n) is 4.34. The Morgan fingerprint density at radius 3 is 3.07 bits per heavy atom. The number of ether oxygens (including phenoxy) is 1. The summed E-state index contributed by atoms with van der Waals surface area (Å²) in [6, 6.07) is 5.68. The fraction of sp³-hybridized carbons (Fsp3) is 0.300. The molecule has 0 aromatic heterocycles. The van der Waals surface area contributed by atoms with Crippen LogP contribution in [-0.2, 0) is 16.0 Å². The zero-order chi connectivity index (χ0) is 10.1. The van der Waals surface area contributed by atoms with E-state index in [2.05, 4.69) is 26.0 Å². The molecule has 1 aliphatic rings. The maximum atomic E-state index is 11.3. The molecule has 14 heavy (non-hydrogen) atoms. The van der Waals surface area contributed by atoms with Gasteiger partial charge < -0.3 is 10.1 Å². The number of fused-ring (bicyclic) bond motifs is 1. The number of para-hydroxylation sites is 1. The summed E-state index contributed by atoms with van der Waals surface area (Å²) in [6.45, 7) is 0. The van der Waals surface area contributed by atoms with E-state index in [9.17, 15) is 4.79 Å². The minimum Gasteiger partial charge on any atom is -0.467 e. The van der Waals surface area contributed by atoms with Gasteiger partial charge in [-0.25, -0.2) is 4.79 Å². The van der Waals surface area contributed by atoms with Crippen LogP contribution in [0.2, 0.25) is 0 Å². The smallest absolute Gasteiger partial charge is 0.328 e. The number of hydrogen-bond donors (Lipinski definition) is 1. The largest absolute Gasteiger partial charge is 0.467 e. The molecule has 0 saturated heterocycles. The van der Waals surface area contributed by atoms with Gasteiger partial charge in [0.2, 0.25) is 0 Å². The number of hydrogen-bond acceptors (Lipinski definition) is 3. The second kappa shape index (κ2) is 3.61. The van der Waals surface area contributed by atoms with Gasteiger partial charge in [-0.05, 0) is 27.6 Å². The summed E-state index contributed by atoms with van der Waals surface area (Å²) in [5, 5.41) is 3.13. The Kier molecular flexibility index (Phi) is 2.46. The molecule has 0 spiro atoms. The molecule has 2 rings (SSSR count). The maximum absolute atomic E-state index is 11.3. The molecule has 0 fully saturated rings. The monoisotopic (exact) mass is 255 g/mol. The molecule has 0 radical (unpaired) electrons. The van der Waals surface area contributed by atoms with Crippen molar-refractivity contribution in [3.8, 4) is 0 Å². The molecule has 74 valence electrons. The normalized spacial score (nSPS) is 18.6. The number of methoxy groups -OCH3 is 1. The second-order valence-corrected chi connectivity index (χ2v) is 4.05. The van der Waals surface area contributed by atoms with Crippen molar-refractivity contribution >= 4 is 27.6 Å². The van der Waals surface area contributed by atoms with Crippen LogP contribution in [0, 0.1) is 0 Å². The summed E-state index contributed by atoms with van der Waals surface area (Å²) in [5.74, 6) is -0.215. The van der Waals surface area contributed by atoms with Crippen molar-refractivity contribution < 1.29 is 9.53 Å². The minimum atomic E-state index is -0.242. The van der Waals surface area contributed by atoms with Crippen molar-refractivity contribution in [2.45, 2.75) is 12.5 Å². The van der Waals surface area contributed by atoms with E-state index < -0.39 is 0 Å². The summed E-state index contributed by atoms with van der Waals surface area (Å²) in [5.41, 5.74) is 2.15. The second-order valence-electron chi connectivity index (χ2n) is 3.20. The molecule has 0 saturated carbocycles. The lowest BCUT2D eigenvalue weighted by Gasteiger charge is -2.08. The van der Waals surface area contributed by atoms with Crippen molar-refractivity contribution in [3.63, 3.8) is 0 Å². The van der Waals surface area contributed by atoms with E-state index in [0.717, 1.165) is 15.7 Å². The standard InChI is InChI=1S/C10H10BrNO2/c1-14-10(13)8-5-6-3-2-4-7(11)9(6)12-8/h2-4,8,12H,5H2,1H3/t8-/m0/s1. The Balaban J connectivity index is 2.26. The lowest BCUT2D eigenvalue weighted by atomic mass is 10.1. The van der Waals surface area contributed by atoms with Gasteiger partial charge in [0.15, 0.2) is 0 Å². The third kappa shape index (κ3) is 1.50. The quantitative estimate of drug-likeness (QED) is 0.780. The van der Waals surface area contributed by atoms with Crippen molar-refractivity contribution in [1.29, 1.82) is 0 Å². The summed E-state index contributed by atoms with van der Waals surface area (Å²) in [7, 11) is 1.40. The molecular formula is C10H10BrNO2. The lowest BCUT2D eigenvalue weighted by molar-refractivity contribution is -0.141. The first-order chi connectivity index (χ1) is 6.72. The molecular weight excluding hydrogens is 246 g/mol. The van der Waals surface area contributed by atoms with E-state index in [1.54, 1.807) is 0 Å². The number of carbonyl (C=O) groups excluding carboxylic acids is 1. The van der Waals surface area contributed by atoms with Crippen LogP contribution in [0.1, 0.15) is 5.56 Å². The van der Waals surface area contributed by atoms with E-state index in [1.807, 2.05) is 18.2 Å². The van der Waals surface area contributed by atoms with Crippen LogP contribution >= 0.6 is 15.9 Å². The highest BCUT2D eigenvalue weighted by Crippen LogP contribution is 2.33. The van der Waals surface area contributed by atoms with Gasteiger partial charge in [-0.15, -0.1) is 0 Å². The van der Waals surface area contributed by atoms with Gasteiger partial charge in [-0.1, -0.05) is 12.1 Å². The average molecular weight is 256 g/mol. The van der Waals surface area contributed by atoms with E-state index >= 15 is 0 Å². The summed E-state index contributed by atoms with van der Waals surface area (Å²) < 4.78 is 5.68. The number of nitrogens with one attached hydrogen (secondary N) is 1. The minimum absolute atomic E-state index is 0.215. The highest BCUT2D eigenvalue weighted by atomic mass is 79.9. The van der Waals surface area contributed by atoms with Gasteiger partial charge >= 0.3 is 5.97 Å². The molecule has 0 unspecified atom stereocenters. The van der Waals surface area contributed by atoms with E-state index in [-0.39, 0.29) is 12.0 Å². The number of halogens is 1. The van der Waals surface area contributed by atoms with Crippen LogP contribution in [0.3, 0.4) is 0 Å². The van der Waals surface area contributed by atoms with Crippen molar-refractivity contribution in [2.24, 2.45) is 0 Å². The van der Waals surface area contributed by atoms with Gasteiger partial charge in [0.1, 0.15) is 6.04 Å². The molecule has 1 aliphatic heterocycles. The molecule has 0 amide bonds. The molecule has 1 aromatic rings. The zero-order valence-corrected chi connectivity index (χ0v) is 9.30. The molecule has 1 aromatic carbocycles. The Labute approximate surface area is 90.6 Å².